The predicted octanol–water partition coefficient (Wildman–Crippen LogP) is 1.77. The molecule has 0 radical (unpaired) electrons. The highest BCUT2D eigenvalue weighted by Crippen LogP contribution is 2.38. The van der Waals surface area contributed by atoms with Gasteiger partial charge < -0.3 is 0 Å². The molecule has 1 saturated carbocycles. The molecule has 1 heterocycles. The summed E-state index contributed by atoms with van der Waals surface area (Å²) in [5, 5.41) is 0. The highest BCUT2D eigenvalue weighted by atomic mass is 19.2. The quantitative estimate of drug-likeness (QED) is 0.606. The minimum atomic E-state index is -1.60. The molecule has 0 saturated heterocycles. The highest BCUT2D eigenvalue weighted by Gasteiger charge is 2.29. The van der Waals surface area contributed by atoms with Gasteiger partial charge in [-0.15, -0.1) is 0 Å². The van der Waals surface area contributed by atoms with Crippen molar-refractivity contribution in [2.45, 2.75) is 18.8 Å². The van der Waals surface area contributed by atoms with Gasteiger partial charge in [-0.25, -0.2) is 9.97 Å². The topological polar surface area (TPSA) is 25.8 Å². The summed E-state index contributed by atoms with van der Waals surface area (Å²) in [4.78, 5) is 6.41. The van der Waals surface area contributed by atoms with E-state index in [0.717, 1.165) is 12.8 Å². The molecule has 64 valence electrons. The first-order valence-electron chi connectivity index (χ1n) is 3.57. The lowest BCUT2D eigenvalue weighted by Gasteiger charge is -1.97. The van der Waals surface area contributed by atoms with E-state index in [4.69, 9.17) is 0 Å². The standard InChI is InChI=1S/C7H5F3N2/c8-4-5(9)11-7(3-1-2-3)12-6(4)10/h3H,1-2H2. The van der Waals surface area contributed by atoms with Crippen molar-refractivity contribution in [2.24, 2.45) is 0 Å². The number of rotatable bonds is 1. The van der Waals surface area contributed by atoms with Crippen LogP contribution in [0.5, 0.6) is 0 Å². The Morgan fingerprint density at radius 3 is 1.92 bits per heavy atom. The maximum atomic E-state index is 12.5. The average Bonchev–Trinajstić information content (AvgIpc) is 2.81. The summed E-state index contributed by atoms with van der Waals surface area (Å²) in [6.07, 6.45) is 1.65. The Morgan fingerprint density at radius 1 is 1.00 bits per heavy atom. The second-order valence-corrected chi connectivity index (χ2v) is 2.75. The first-order chi connectivity index (χ1) is 5.68. The van der Waals surface area contributed by atoms with Crippen molar-refractivity contribution in [2.75, 3.05) is 0 Å². The fourth-order valence-electron chi connectivity index (χ4n) is 0.934. The van der Waals surface area contributed by atoms with Crippen LogP contribution in [0.25, 0.3) is 0 Å². The normalized spacial score (nSPS) is 16.6. The van der Waals surface area contributed by atoms with E-state index in [-0.39, 0.29) is 11.7 Å². The highest BCUT2D eigenvalue weighted by molar-refractivity contribution is 5.06. The molecule has 0 N–H and O–H groups in total. The number of aromatic nitrogens is 2. The molecule has 0 bridgehead atoms. The summed E-state index contributed by atoms with van der Waals surface area (Å²) in [7, 11) is 0. The summed E-state index contributed by atoms with van der Waals surface area (Å²) in [6.45, 7) is 0. The maximum Gasteiger partial charge on any atom is 0.255 e. The summed E-state index contributed by atoms with van der Waals surface area (Å²) < 4.78 is 37.2. The van der Waals surface area contributed by atoms with Crippen molar-refractivity contribution in [3.63, 3.8) is 0 Å². The molecule has 1 aliphatic rings. The lowest BCUT2D eigenvalue weighted by molar-refractivity contribution is 0.399. The van der Waals surface area contributed by atoms with Gasteiger partial charge in [0.2, 0.25) is 5.82 Å². The smallest absolute Gasteiger partial charge is 0.201 e. The van der Waals surface area contributed by atoms with Crippen molar-refractivity contribution in [1.29, 1.82) is 0 Å². The van der Waals surface area contributed by atoms with Crippen LogP contribution in [-0.2, 0) is 0 Å². The third-order valence-corrected chi connectivity index (χ3v) is 1.73. The van der Waals surface area contributed by atoms with Crippen LogP contribution in [0.3, 0.4) is 0 Å². The molecule has 5 heteroatoms. The Balaban J connectivity index is 2.45. The molecule has 0 aromatic carbocycles. The van der Waals surface area contributed by atoms with Gasteiger partial charge in [0.05, 0.1) is 0 Å². The zero-order valence-electron chi connectivity index (χ0n) is 6.02. The largest absolute Gasteiger partial charge is 0.255 e. The lowest BCUT2D eigenvalue weighted by Crippen LogP contribution is -2.03. The monoisotopic (exact) mass is 174 g/mol. The van der Waals surface area contributed by atoms with Crippen LogP contribution in [-0.4, -0.2) is 9.97 Å². The molecular weight excluding hydrogens is 169 g/mol. The number of hydrogen-bond acceptors (Lipinski definition) is 2. The molecule has 2 rings (SSSR count). The summed E-state index contributed by atoms with van der Waals surface area (Å²) in [6, 6.07) is 0. The van der Waals surface area contributed by atoms with E-state index in [1.54, 1.807) is 0 Å². The van der Waals surface area contributed by atoms with Crippen LogP contribution in [0, 0.1) is 17.7 Å². The number of halogens is 3. The van der Waals surface area contributed by atoms with E-state index >= 15 is 0 Å². The fraction of sp³-hybridized carbons (Fsp3) is 0.429. The van der Waals surface area contributed by atoms with Gasteiger partial charge in [0.15, 0.2) is 0 Å². The molecule has 1 aliphatic carbocycles. The van der Waals surface area contributed by atoms with E-state index in [1.165, 1.54) is 0 Å². The van der Waals surface area contributed by atoms with E-state index in [9.17, 15) is 13.2 Å². The summed E-state index contributed by atoms with van der Waals surface area (Å²) in [5.41, 5.74) is 0. The molecule has 1 aromatic heterocycles. The van der Waals surface area contributed by atoms with Crippen LogP contribution < -0.4 is 0 Å². The second kappa shape index (κ2) is 2.43. The molecule has 1 aromatic rings. The van der Waals surface area contributed by atoms with E-state index in [1.807, 2.05) is 0 Å². The zero-order valence-corrected chi connectivity index (χ0v) is 6.02. The summed E-state index contributed by atoms with van der Waals surface area (Å²) >= 11 is 0. The third-order valence-electron chi connectivity index (χ3n) is 1.73. The molecule has 1 fully saturated rings. The Bertz CT molecular complexity index is 299. The molecule has 0 amide bonds. The first kappa shape index (κ1) is 7.52. The second-order valence-electron chi connectivity index (χ2n) is 2.75. The Labute approximate surface area is 66.5 Å². The maximum absolute atomic E-state index is 12.5. The van der Waals surface area contributed by atoms with E-state index in [2.05, 4.69) is 9.97 Å². The average molecular weight is 174 g/mol. The lowest BCUT2D eigenvalue weighted by atomic mass is 10.4. The van der Waals surface area contributed by atoms with Crippen molar-refractivity contribution in [3.8, 4) is 0 Å². The van der Waals surface area contributed by atoms with Gasteiger partial charge in [-0.1, -0.05) is 0 Å². The van der Waals surface area contributed by atoms with Gasteiger partial charge in [0, 0.05) is 5.92 Å². The van der Waals surface area contributed by atoms with Crippen LogP contribution in [0.4, 0.5) is 13.2 Å². The number of hydrogen-bond donors (Lipinski definition) is 0. The van der Waals surface area contributed by atoms with Crippen LogP contribution in [0.2, 0.25) is 0 Å². The van der Waals surface area contributed by atoms with Gasteiger partial charge in [0.1, 0.15) is 5.82 Å². The van der Waals surface area contributed by atoms with Gasteiger partial charge in [-0.2, -0.15) is 13.2 Å². The van der Waals surface area contributed by atoms with Crippen molar-refractivity contribution in [3.05, 3.63) is 23.5 Å². The van der Waals surface area contributed by atoms with Gasteiger partial charge in [-0.05, 0) is 12.8 Å². The van der Waals surface area contributed by atoms with Crippen LogP contribution >= 0.6 is 0 Å². The fourth-order valence-corrected chi connectivity index (χ4v) is 0.934. The van der Waals surface area contributed by atoms with Crippen molar-refractivity contribution < 1.29 is 13.2 Å². The molecule has 0 atom stereocenters. The van der Waals surface area contributed by atoms with Gasteiger partial charge in [-0.3, -0.25) is 0 Å². The van der Waals surface area contributed by atoms with Crippen LogP contribution in [0.15, 0.2) is 0 Å². The van der Waals surface area contributed by atoms with Gasteiger partial charge in [0.25, 0.3) is 11.9 Å². The summed E-state index contributed by atoms with van der Waals surface area (Å²) in [5.74, 6) is -4.30. The Hall–Kier alpha value is -1.13. The third kappa shape index (κ3) is 1.15. The zero-order chi connectivity index (χ0) is 8.72. The van der Waals surface area contributed by atoms with E-state index < -0.39 is 17.7 Å². The molecule has 0 spiro atoms. The molecule has 12 heavy (non-hydrogen) atoms. The van der Waals surface area contributed by atoms with E-state index in [0.29, 0.717) is 0 Å². The van der Waals surface area contributed by atoms with Gasteiger partial charge >= 0.3 is 0 Å². The molecule has 0 aliphatic heterocycles. The Kier molecular flexibility index (Phi) is 1.52. The molecular formula is C7H5F3N2. The predicted molar refractivity (Wildman–Crippen MR) is 33.9 cm³/mol. The Morgan fingerprint density at radius 2 is 1.50 bits per heavy atom. The molecule has 0 unspecified atom stereocenters. The number of nitrogens with zero attached hydrogens (tertiary/aromatic N) is 2. The minimum absolute atomic E-state index is 0.0228. The van der Waals surface area contributed by atoms with Crippen molar-refractivity contribution >= 4 is 0 Å². The first-order valence-corrected chi connectivity index (χ1v) is 3.57. The van der Waals surface area contributed by atoms with Crippen LogP contribution in [0.1, 0.15) is 24.6 Å². The molecule has 2 nitrogen and oxygen atoms in total. The van der Waals surface area contributed by atoms with Crippen molar-refractivity contribution in [1.82, 2.24) is 9.97 Å². The SMILES string of the molecule is Fc1nc(C2CC2)nc(F)c1F. The minimum Gasteiger partial charge on any atom is -0.201 e.